The zero-order valence-corrected chi connectivity index (χ0v) is 11.4. The topological polar surface area (TPSA) is 47.3 Å². The smallest absolute Gasteiger partial charge is 0.167 e. The van der Waals surface area contributed by atoms with Crippen molar-refractivity contribution in [3.63, 3.8) is 0 Å². The number of rotatable bonds is 4. The minimum absolute atomic E-state index is 0.0698. The van der Waals surface area contributed by atoms with Crippen LogP contribution in [-0.4, -0.2) is 12.1 Å². The summed E-state index contributed by atoms with van der Waals surface area (Å²) in [6.45, 7) is 0. The summed E-state index contributed by atoms with van der Waals surface area (Å²) in [4.78, 5) is -0.0698. The fraction of sp³-hybridized carbons (Fsp3) is 0.0714. The number of nitrogens with two attached hydrogens (primary N) is 1. The number of hydrogen-bond donors (Lipinski definition) is 2. The number of ether oxygens (including phenoxy) is 1. The molecular formula is C14H12F2N2OS. The van der Waals surface area contributed by atoms with Gasteiger partial charge in [0.2, 0.25) is 0 Å². The maximum Gasteiger partial charge on any atom is 0.167 e. The van der Waals surface area contributed by atoms with Crippen LogP contribution in [0.3, 0.4) is 0 Å². The average molecular weight is 294 g/mol. The Morgan fingerprint density at radius 2 is 1.95 bits per heavy atom. The van der Waals surface area contributed by atoms with E-state index in [-0.39, 0.29) is 16.3 Å². The van der Waals surface area contributed by atoms with E-state index in [0.29, 0.717) is 11.4 Å². The van der Waals surface area contributed by atoms with Gasteiger partial charge in [0, 0.05) is 11.8 Å². The first kappa shape index (κ1) is 14.2. The fourth-order valence-corrected chi connectivity index (χ4v) is 1.99. The van der Waals surface area contributed by atoms with Crippen LogP contribution in [0.5, 0.6) is 5.75 Å². The van der Waals surface area contributed by atoms with Gasteiger partial charge in [-0.25, -0.2) is 8.78 Å². The molecule has 0 heterocycles. The second kappa shape index (κ2) is 5.83. The Bertz CT molecular complexity index is 662. The monoisotopic (exact) mass is 294 g/mol. The van der Waals surface area contributed by atoms with Crippen molar-refractivity contribution in [2.24, 2.45) is 5.73 Å². The summed E-state index contributed by atoms with van der Waals surface area (Å²) in [5, 5.41) is 2.88. The molecule has 0 aliphatic carbocycles. The highest BCUT2D eigenvalue weighted by Crippen LogP contribution is 2.26. The van der Waals surface area contributed by atoms with Gasteiger partial charge in [-0.2, -0.15) is 0 Å². The van der Waals surface area contributed by atoms with Crippen molar-refractivity contribution in [3.8, 4) is 5.75 Å². The normalized spacial score (nSPS) is 10.2. The van der Waals surface area contributed by atoms with Gasteiger partial charge in [-0.15, -0.1) is 0 Å². The Morgan fingerprint density at radius 3 is 2.55 bits per heavy atom. The first-order chi connectivity index (χ1) is 9.52. The number of halogens is 2. The van der Waals surface area contributed by atoms with Crippen molar-refractivity contribution < 1.29 is 13.5 Å². The third-order valence-corrected chi connectivity index (χ3v) is 2.89. The van der Waals surface area contributed by atoms with E-state index >= 15 is 0 Å². The van der Waals surface area contributed by atoms with Gasteiger partial charge in [-0.05, 0) is 24.3 Å². The number of benzene rings is 2. The summed E-state index contributed by atoms with van der Waals surface area (Å²) in [5.41, 5.74) is 6.41. The van der Waals surface area contributed by atoms with Gasteiger partial charge < -0.3 is 15.8 Å². The predicted octanol–water partition coefficient (Wildman–Crippen LogP) is 3.35. The molecule has 104 valence electrons. The molecule has 0 atom stereocenters. The van der Waals surface area contributed by atoms with Crippen molar-refractivity contribution in [1.82, 2.24) is 0 Å². The molecule has 0 aliphatic heterocycles. The van der Waals surface area contributed by atoms with Crippen LogP contribution < -0.4 is 15.8 Å². The highest BCUT2D eigenvalue weighted by atomic mass is 32.1. The lowest BCUT2D eigenvalue weighted by molar-refractivity contribution is 0.386. The molecule has 0 aromatic heterocycles. The summed E-state index contributed by atoms with van der Waals surface area (Å²) in [6.07, 6.45) is 0. The van der Waals surface area contributed by atoms with Crippen molar-refractivity contribution in [2.75, 3.05) is 12.4 Å². The Kier molecular flexibility index (Phi) is 4.14. The van der Waals surface area contributed by atoms with E-state index in [1.165, 1.54) is 31.4 Å². The second-order valence-electron chi connectivity index (χ2n) is 4.00. The molecule has 0 spiro atoms. The van der Waals surface area contributed by atoms with Crippen LogP contribution >= 0.6 is 12.2 Å². The molecule has 3 nitrogen and oxygen atoms in total. The van der Waals surface area contributed by atoms with E-state index in [2.05, 4.69) is 5.32 Å². The second-order valence-corrected chi connectivity index (χ2v) is 4.44. The van der Waals surface area contributed by atoms with E-state index in [1.54, 1.807) is 12.1 Å². The van der Waals surface area contributed by atoms with E-state index in [0.717, 1.165) is 0 Å². The molecule has 0 unspecified atom stereocenters. The van der Waals surface area contributed by atoms with Crippen LogP contribution in [0.2, 0.25) is 0 Å². The zero-order valence-electron chi connectivity index (χ0n) is 10.6. The highest BCUT2D eigenvalue weighted by Gasteiger charge is 2.12. The zero-order chi connectivity index (χ0) is 14.7. The number of anilines is 2. The van der Waals surface area contributed by atoms with E-state index in [4.69, 9.17) is 22.7 Å². The summed E-state index contributed by atoms with van der Waals surface area (Å²) in [5.74, 6) is -0.924. The molecular weight excluding hydrogens is 282 g/mol. The van der Waals surface area contributed by atoms with Crippen LogP contribution in [0, 0.1) is 11.6 Å². The predicted molar refractivity (Wildman–Crippen MR) is 78.5 cm³/mol. The lowest BCUT2D eigenvalue weighted by Crippen LogP contribution is -2.14. The third-order valence-electron chi connectivity index (χ3n) is 2.69. The standard InChI is InChI=1S/C14H12F2N2OS/c1-19-12-6-5-8(7-10(12)16)18-11-4-2-3-9(15)13(11)14(17)20/h2-7,18H,1H3,(H2,17,20). The molecule has 0 radical (unpaired) electrons. The third kappa shape index (κ3) is 2.85. The van der Waals surface area contributed by atoms with Crippen molar-refractivity contribution in [1.29, 1.82) is 0 Å². The maximum atomic E-state index is 13.7. The first-order valence-corrected chi connectivity index (χ1v) is 6.12. The lowest BCUT2D eigenvalue weighted by Gasteiger charge is -2.12. The molecule has 2 rings (SSSR count). The molecule has 0 bridgehead atoms. The highest BCUT2D eigenvalue weighted by molar-refractivity contribution is 7.80. The molecule has 6 heteroatoms. The Morgan fingerprint density at radius 1 is 1.20 bits per heavy atom. The molecule has 0 amide bonds. The summed E-state index contributed by atoms with van der Waals surface area (Å²) < 4.78 is 32.1. The van der Waals surface area contributed by atoms with Crippen molar-refractivity contribution in [3.05, 3.63) is 53.6 Å². The molecule has 0 saturated heterocycles. The Hall–Kier alpha value is -2.21. The van der Waals surface area contributed by atoms with Crippen LogP contribution in [0.1, 0.15) is 5.56 Å². The van der Waals surface area contributed by atoms with E-state index in [9.17, 15) is 8.78 Å². The number of methoxy groups -OCH3 is 1. The summed E-state index contributed by atoms with van der Waals surface area (Å²) in [6, 6.07) is 8.70. The van der Waals surface area contributed by atoms with Gasteiger partial charge >= 0.3 is 0 Å². The number of nitrogens with one attached hydrogen (secondary N) is 1. The molecule has 2 aromatic rings. The summed E-state index contributed by atoms with van der Waals surface area (Å²) in [7, 11) is 1.38. The van der Waals surface area contributed by atoms with Gasteiger partial charge in [0.05, 0.1) is 18.4 Å². The maximum absolute atomic E-state index is 13.7. The molecule has 0 saturated carbocycles. The minimum Gasteiger partial charge on any atom is -0.494 e. The molecule has 0 fully saturated rings. The van der Waals surface area contributed by atoms with Crippen molar-refractivity contribution >= 4 is 28.6 Å². The molecule has 2 aromatic carbocycles. The van der Waals surface area contributed by atoms with Gasteiger partial charge in [0.1, 0.15) is 10.8 Å². The van der Waals surface area contributed by atoms with E-state index < -0.39 is 11.6 Å². The van der Waals surface area contributed by atoms with Crippen molar-refractivity contribution in [2.45, 2.75) is 0 Å². The molecule has 3 N–H and O–H groups in total. The molecule has 20 heavy (non-hydrogen) atoms. The Balaban J connectivity index is 2.38. The number of thiocarbonyl (C=S) groups is 1. The molecule has 0 aliphatic rings. The number of hydrogen-bond acceptors (Lipinski definition) is 3. The Labute approximate surface area is 120 Å². The minimum atomic E-state index is -0.531. The fourth-order valence-electron chi connectivity index (χ4n) is 1.78. The van der Waals surface area contributed by atoms with Crippen LogP contribution in [0.4, 0.5) is 20.2 Å². The van der Waals surface area contributed by atoms with Gasteiger partial charge in [0.15, 0.2) is 11.6 Å². The van der Waals surface area contributed by atoms with Crippen LogP contribution in [0.25, 0.3) is 0 Å². The summed E-state index contributed by atoms with van der Waals surface area (Å²) >= 11 is 4.82. The first-order valence-electron chi connectivity index (χ1n) is 5.72. The quantitative estimate of drug-likeness (QED) is 0.849. The average Bonchev–Trinajstić information content (AvgIpc) is 2.38. The SMILES string of the molecule is COc1ccc(Nc2cccc(F)c2C(N)=S)cc1F. The van der Waals surface area contributed by atoms with Gasteiger partial charge in [0.25, 0.3) is 0 Å². The van der Waals surface area contributed by atoms with Gasteiger partial charge in [-0.1, -0.05) is 18.3 Å². The lowest BCUT2D eigenvalue weighted by atomic mass is 10.1. The van der Waals surface area contributed by atoms with Crippen LogP contribution in [0.15, 0.2) is 36.4 Å². The van der Waals surface area contributed by atoms with E-state index in [1.807, 2.05) is 0 Å². The largest absolute Gasteiger partial charge is 0.494 e. The van der Waals surface area contributed by atoms with Crippen LogP contribution in [-0.2, 0) is 0 Å². The van der Waals surface area contributed by atoms with Gasteiger partial charge in [-0.3, -0.25) is 0 Å².